The number of fused-ring (bicyclic) bond motifs is 1. The van der Waals surface area contributed by atoms with Crippen molar-refractivity contribution in [2.24, 2.45) is 0 Å². The lowest BCUT2D eigenvalue weighted by molar-refractivity contribution is 0.206. The average Bonchev–Trinajstić information content (AvgIpc) is 2.92. The van der Waals surface area contributed by atoms with E-state index in [2.05, 4.69) is 32.8 Å². The minimum atomic E-state index is -0.353. The highest BCUT2D eigenvalue weighted by Crippen LogP contribution is 2.17. The number of nitriles is 1. The maximum Gasteiger partial charge on any atom is 0.122 e. The highest BCUT2D eigenvalue weighted by molar-refractivity contribution is 5.05. The molecule has 5 nitrogen and oxygen atoms in total. The Balaban J connectivity index is 1.80. The van der Waals surface area contributed by atoms with E-state index < -0.39 is 0 Å². The van der Waals surface area contributed by atoms with E-state index in [1.165, 1.54) is 0 Å². The summed E-state index contributed by atoms with van der Waals surface area (Å²) in [6.45, 7) is 6.14. The largest absolute Gasteiger partial charge is 0.333 e. The van der Waals surface area contributed by atoms with E-state index in [9.17, 15) is 5.26 Å². The molecule has 2 rings (SSSR count). The van der Waals surface area contributed by atoms with Crippen LogP contribution in [0.25, 0.3) is 0 Å². The molecule has 1 atom stereocenters. The summed E-state index contributed by atoms with van der Waals surface area (Å²) in [5.74, 6) is 1.15. The van der Waals surface area contributed by atoms with E-state index in [0.717, 1.165) is 51.3 Å². The first-order valence-corrected chi connectivity index (χ1v) is 7.05. The predicted octanol–water partition coefficient (Wildman–Crippen LogP) is 1.37. The van der Waals surface area contributed by atoms with Gasteiger partial charge in [0, 0.05) is 25.5 Å². The van der Waals surface area contributed by atoms with Crippen LogP contribution in [0.5, 0.6) is 0 Å². The van der Waals surface area contributed by atoms with Crippen molar-refractivity contribution in [3.05, 3.63) is 18.2 Å². The number of nitrogens with one attached hydrogen (secondary N) is 1. The molecule has 0 aliphatic carbocycles. The van der Waals surface area contributed by atoms with Crippen molar-refractivity contribution in [2.45, 2.75) is 44.8 Å². The Morgan fingerprint density at radius 1 is 1.53 bits per heavy atom. The van der Waals surface area contributed by atoms with Gasteiger partial charge in [0.25, 0.3) is 0 Å². The molecule has 1 aliphatic rings. The highest BCUT2D eigenvalue weighted by atomic mass is 15.2. The second-order valence-electron chi connectivity index (χ2n) is 5.21. The number of rotatable bonds is 6. The smallest absolute Gasteiger partial charge is 0.122 e. The molecular weight excluding hydrogens is 238 g/mol. The Kier molecular flexibility index (Phi) is 4.56. The zero-order valence-corrected chi connectivity index (χ0v) is 11.9. The van der Waals surface area contributed by atoms with Crippen molar-refractivity contribution >= 4 is 0 Å². The Morgan fingerprint density at radius 3 is 3.05 bits per heavy atom. The molecule has 0 spiro atoms. The van der Waals surface area contributed by atoms with Crippen LogP contribution < -0.4 is 5.32 Å². The SMILES string of the molecule is CCC(C#N)(CCCN1CCn2ccnc2C1)NC. The van der Waals surface area contributed by atoms with Crippen LogP contribution in [0.3, 0.4) is 0 Å². The lowest BCUT2D eigenvalue weighted by Crippen LogP contribution is -2.42. The van der Waals surface area contributed by atoms with Crippen LogP contribution in [0.1, 0.15) is 32.0 Å². The quantitative estimate of drug-likeness (QED) is 0.840. The van der Waals surface area contributed by atoms with E-state index in [0.29, 0.717) is 0 Å². The lowest BCUT2D eigenvalue weighted by Gasteiger charge is -2.29. The zero-order valence-electron chi connectivity index (χ0n) is 11.9. The van der Waals surface area contributed by atoms with Crippen LogP contribution >= 0.6 is 0 Å². The van der Waals surface area contributed by atoms with E-state index in [4.69, 9.17) is 0 Å². The minimum absolute atomic E-state index is 0.353. The summed E-state index contributed by atoms with van der Waals surface area (Å²) >= 11 is 0. The van der Waals surface area contributed by atoms with Crippen molar-refractivity contribution < 1.29 is 0 Å². The molecular formula is C14H23N5. The maximum absolute atomic E-state index is 9.28. The molecule has 104 valence electrons. The van der Waals surface area contributed by atoms with Gasteiger partial charge in [-0.25, -0.2) is 4.98 Å². The zero-order chi connectivity index (χ0) is 13.7. The molecule has 0 radical (unpaired) electrons. The fourth-order valence-corrected chi connectivity index (χ4v) is 2.69. The molecule has 1 aromatic heterocycles. The fourth-order valence-electron chi connectivity index (χ4n) is 2.69. The molecule has 1 aliphatic heterocycles. The average molecular weight is 261 g/mol. The molecule has 0 fully saturated rings. The van der Waals surface area contributed by atoms with Gasteiger partial charge in [-0.2, -0.15) is 5.26 Å². The standard InChI is InChI=1S/C14H23N5/c1-3-14(12-15,16-2)5-4-7-18-9-10-19-8-6-17-13(19)11-18/h6,8,16H,3-5,7,9-11H2,1-2H3. The van der Waals surface area contributed by atoms with E-state index in [-0.39, 0.29) is 5.54 Å². The predicted molar refractivity (Wildman–Crippen MR) is 74.4 cm³/mol. The molecule has 0 saturated carbocycles. The van der Waals surface area contributed by atoms with Gasteiger partial charge in [0.05, 0.1) is 12.6 Å². The van der Waals surface area contributed by atoms with Gasteiger partial charge in [-0.1, -0.05) is 6.92 Å². The summed E-state index contributed by atoms with van der Waals surface area (Å²) in [6.07, 6.45) is 6.72. The van der Waals surface area contributed by atoms with Gasteiger partial charge in [-0.3, -0.25) is 4.90 Å². The van der Waals surface area contributed by atoms with Crippen LogP contribution in [0.4, 0.5) is 0 Å². The molecule has 1 unspecified atom stereocenters. The number of hydrogen-bond acceptors (Lipinski definition) is 4. The summed E-state index contributed by atoms with van der Waals surface area (Å²) in [6, 6.07) is 2.42. The Bertz CT molecular complexity index is 441. The Hall–Kier alpha value is -1.38. The van der Waals surface area contributed by atoms with Crippen molar-refractivity contribution in [3.8, 4) is 6.07 Å². The first kappa shape index (κ1) is 14.0. The molecule has 0 bridgehead atoms. The highest BCUT2D eigenvalue weighted by Gasteiger charge is 2.25. The van der Waals surface area contributed by atoms with Crippen molar-refractivity contribution in [2.75, 3.05) is 20.1 Å². The summed E-state index contributed by atoms with van der Waals surface area (Å²) in [4.78, 5) is 6.80. The molecule has 1 N–H and O–H groups in total. The van der Waals surface area contributed by atoms with Gasteiger partial charge in [0.2, 0.25) is 0 Å². The second kappa shape index (κ2) is 6.18. The molecule has 19 heavy (non-hydrogen) atoms. The third kappa shape index (κ3) is 3.14. The van der Waals surface area contributed by atoms with Crippen LogP contribution in [-0.2, 0) is 13.1 Å². The molecule has 0 aromatic carbocycles. The molecule has 2 heterocycles. The van der Waals surface area contributed by atoms with Crippen molar-refractivity contribution in [3.63, 3.8) is 0 Å². The Morgan fingerprint density at radius 2 is 2.37 bits per heavy atom. The summed E-state index contributed by atoms with van der Waals surface area (Å²) in [7, 11) is 1.88. The lowest BCUT2D eigenvalue weighted by atomic mass is 9.92. The van der Waals surface area contributed by atoms with Crippen molar-refractivity contribution in [1.82, 2.24) is 19.8 Å². The van der Waals surface area contributed by atoms with Gasteiger partial charge in [0.15, 0.2) is 0 Å². The van der Waals surface area contributed by atoms with Crippen LogP contribution in [0, 0.1) is 11.3 Å². The maximum atomic E-state index is 9.28. The van der Waals surface area contributed by atoms with Gasteiger partial charge in [0.1, 0.15) is 11.4 Å². The number of aromatic nitrogens is 2. The first-order valence-electron chi connectivity index (χ1n) is 7.05. The van der Waals surface area contributed by atoms with Gasteiger partial charge in [-0.05, 0) is 32.9 Å². The van der Waals surface area contributed by atoms with Crippen LogP contribution in [0.15, 0.2) is 12.4 Å². The molecule has 5 heteroatoms. The summed E-state index contributed by atoms with van der Waals surface area (Å²) in [5.41, 5.74) is -0.353. The van der Waals surface area contributed by atoms with Crippen molar-refractivity contribution in [1.29, 1.82) is 5.26 Å². The Labute approximate surface area is 115 Å². The van der Waals surface area contributed by atoms with Crippen LogP contribution in [-0.4, -0.2) is 40.1 Å². The second-order valence-corrected chi connectivity index (χ2v) is 5.21. The third-order valence-corrected chi connectivity index (χ3v) is 4.20. The summed E-state index contributed by atoms with van der Waals surface area (Å²) < 4.78 is 2.22. The molecule has 0 amide bonds. The minimum Gasteiger partial charge on any atom is -0.333 e. The number of imidazole rings is 1. The van der Waals surface area contributed by atoms with Gasteiger partial charge >= 0.3 is 0 Å². The van der Waals surface area contributed by atoms with E-state index in [1.54, 1.807) is 0 Å². The van der Waals surface area contributed by atoms with E-state index >= 15 is 0 Å². The normalized spacial score (nSPS) is 18.6. The summed E-state index contributed by atoms with van der Waals surface area (Å²) in [5, 5.41) is 12.4. The van der Waals surface area contributed by atoms with Crippen LogP contribution in [0.2, 0.25) is 0 Å². The monoisotopic (exact) mass is 261 g/mol. The van der Waals surface area contributed by atoms with Gasteiger partial charge < -0.3 is 9.88 Å². The number of nitrogens with zero attached hydrogens (tertiary/aromatic N) is 4. The molecule has 0 saturated heterocycles. The third-order valence-electron chi connectivity index (χ3n) is 4.20. The first-order chi connectivity index (χ1) is 9.23. The van der Waals surface area contributed by atoms with E-state index in [1.807, 2.05) is 19.4 Å². The number of hydrogen-bond donors (Lipinski definition) is 1. The topological polar surface area (TPSA) is 56.9 Å². The molecule has 1 aromatic rings. The fraction of sp³-hybridized carbons (Fsp3) is 0.714. The van der Waals surface area contributed by atoms with Gasteiger partial charge in [-0.15, -0.1) is 0 Å².